The second kappa shape index (κ2) is 5.73. The maximum Gasteiger partial charge on any atom is 0.0849 e. The first-order chi connectivity index (χ1) is 7.45. The van der Waals surface area contributed by atoms with E-state index in [9.17, 15) is 0 Å². The Bertz CT molecular complexity index is 213. The Morgan fingerprint density at radius 3 is 1.80 bits per heavy atom. The summed E-state index contributed by atoms with van der Waals surface area (Å²) < 4.78 is 0. The molecule has 0 fully saturated rings. The van der Waals surface area contributed by atoms with Gasteiger partial charge >= 0.3 is 0 Å². The van der Waals surface area contributed by atoms with Gasteiger partial charge in [0.05, 0.1) is 12.7 Å². The summed E-state index contributed by atoms with van der Waals surface area (Å²) in [6.45, 7) is 6.64. The highest BCUT2D eigenvalue weighted by Gasteiger charge is 2.06. The quantitative estimate of drug-likeness (QED) is 0.685. The van der Waals surface area contributed by atoms with E-state index < -0.39 is 0 Å². The minimum atomic E-state index is 1.01. The van der Waals surface area contributed by atoms with E-state index in [-0.39, 0.29) is 0 Å². The molecular weight excluding hydrogens is 188 g/mol. The summed E-state index contributed by atoms with van der Waals surface area (Å²) in [5.74, 6) is 0. The highest BCUT2D eigenvalue weighted by Crippen LogP contribution is 2.01. The zero-order chi connectivity index (χ0) is 10.3. The smallest absolute Gasteiger partial charge is 0.0849 e. The van der Waals surface area contributed by atoms with Gasteiger partial charge in [0, 0.05) is 39.3 Å². The van der Waals surface area contributed by atoms with Gasteiger partial charge in [0.2, 0.25) is 0 Å². The van der Waals surface area contributed by atoms with Gasteiger partial charge in [-0.25, -0.2) is 0 Å². The van der Waals surface area contributed by atoms with E-state index in [1.165, 1.54) is 32.4 Å². The first-order valence-electron chi connectivity index (χ1n) is 5.93. The Morgan fingerprint density at radius 1 is 0.867 bits per heavy atom. The molecule has 0 aromatic heterocycles. The first-order valence-corrected chi connectivity index (χ1v) is 5.93. The molecule has 0 aromatic rings. The molecule has 0 aliphatic carbocycles. The fourth-order valence-corrected chi connectivity index (χ4v) is 2.01. The van der Waals surface area contributed by atoms with Crippen molar-refractivity contribution in [1.82, 2.24) is 9.80 Å². The molecular formula is C11H20N4. The maximum absolute atomic E-state index is 4.28. The molecule has 4 nitrogen and oxygen atoms in total. The molecule has 2 aliphatic heterocycles. The van der Waals surface area contributed by atoms with E-state index >= 15 is 0 Å². The van der Waals surface area contributed by atoms with Crippen LogP contribution in [0.25, 0.3) is 0 Å². The first kappa shape index (κ1) is 10.5. The molecule has 0 saturated carbocycles. The summed E-state index contributed by atoms with van der Waals surface area (Å²) >= 11 is 0. The molecule has 2 rings (SSSR count). The monoisotopic (exact) mass is 208 g/mol. The van der Waals surface area contributed by atoms with Crippen LogP contribution < -0.4 is 0 Å². The average Bonchev–Trinajstić information content (AvgIpc) is 2.32. The van der Waals surface area contributed by atoms with Gasteiger partial charge in [0.15, 0.2) is 0 Å². The summed E-state index contributed by atoms with van der Waals surface area (Å²) in [4.78, 5) is 13.2. The minimum absolute atomic E-state index is 1.01. The van der Waals surface area contributed by atoms with Gasteiger partial charge in [-0.05, 0) is 19.3 Å². The molecule has 4 heteroatoms. The predicted molar refractivity (Wildman–Crippen MR) is 63.7 cm³/mol. The van der Waals surface area contributed by atoms with Crippen LogP contribution in [0.2, 0.25) is 0 Å². The lowest BCUT2D eigenvalue weighted by Crippen LogP contribution is -2.33. The van der Waals surface area contributed by atoms with E-state index in [1.54, 1.807) is 0 Å². The molecule has 15 heavy (non-hydrogen) atoms. The van der Waals surface area contributed by atoms with Crippen molar-refractivity contribution < 1.29 is 0 Å². The Kier molecular flexibility index (Phi) is 4.00. The lowest BCUT2D eigenvalue weighted by atomic mass is 10.3. The second-order valence-corrected chi connectivity index (χ2v) is 4.18. The zero-order valence-electron chi connectivity index (χ0n) is 9.31. The Morgan fingerprint density at radius 2 is 1.40 bits per heavy atom. The largest absolute Gasteiger partial charge is 0.363 e. The number of rotatable bonds is 4. The molecule has 84 valence electrons. The van der Waals surface area contributed by atoms with Crippen LogP contribution in [0.4, 0.5) is 0 Å². The third-order valence-electron chi connectivity index (χ3n) is 2.85. The van der Waals surface area contributed by atoms with Crippen molar-refractivity contribution in [2.24, 2.45) is 9.98 Å². The third kappa shape index (κ3) is 3.53. The fraction of sp³-hybridized carbons (Fsp3) is 0.818. The number of hydrogen-bond donors (Lipinski definition) is 0. The third-order valence-corrected chi connectivity index (χ3v) is 2.85. The number of nitrogens with zero attached hydrogens (tertiary/aromatic N) is 4. The molecule has 2 aliphatic rings. The summed E-state index contributed by atoms with van der Waals surface area (Å²) in [5, 5.41) is 0. The SMILES string of the molecule is C1=NCCCN1CCCN1C=NCCC1. The van der Waals surface area contributed by atoms with Crippen molar-refractivity contribution in [2.45, 2.75) is 19.3 Å². The van der Waals surface area contributed by atoms with Crippen molar-refractivity contribution in [3.63, 3.8) is 0 Å². The lowest BCUT2D eigenvalue weighted by Gasteiger charge is -2.26. The maximum atomic E-state index is 4.28. The van der Waals surface area contributed by atoms with Gasteiger partial charge in [0.25, 0.3) is 0 Å². The van der Waals surface area contributed by atoms with Crippen molar-refractivity contribution >= 4 is 12.7 Å². The van der Waals surface area contributed by atoms with Gasteiger partial charge in [-0.15, -0.1) is 0 Å². The van der Waals surface area contributed by atoms with E-state index in [0.717, 1.165) is 26.2 Å². The second-order valence-electron chi connectivity index (χ2n) is 4.18. The van der Waals surface area contributed by atoms with Crippen molar-refractivity contribution in [3.05, 3.63) is 0 Å². The van der Waals surface area contributed by atoms with E-state index in [0.29, 0.717) is 0 Å². The molecule has 0 amide bonds. The van der Waals surface area contributed by atoms with Crippen molar-refractivity contribution in [2.75, 3.05) is 39.3 Å². The van der Waals surface area contributed by atoms with Crippen LogP contribution in [0, 0.1) is 0 Å². The summed E-state index contributed by atoms with van der Waals surface area (Å²) in [7, 11) is 0. The molecule has 0 radical (unpaired) electrons. The lowest BCUT2D eigenvalue weighted by molar-refractivity contribution is 0.348. The highest BCUT2D eigenvalue weighted by atomic mass is 15.2. The van der Waals surface area contributed by atoms with Gasteiger partial charge in [-0.3, -0.25) is 9.98 Å². The average molecular weight is 208 g/mol. The molecule has 0 atom stereocenters. The standard InChI is InChI=1S/C11H20N4/c1-4-12-10-14(6-1)8-3-9-15-7-2-5-13-11-15/h10-11H,1-9H2. The Balaban J connectivity index is 1.61. The van der Waals surface area contributed by atoms with Crippen LogP contribution >= 0.6 is 0 Å². The van der Waals surface area contributed by atoms with E-state index in [4.69, 9.17) is 0 Å². The van der Waals surface area contributed by atoms with Gasteiger partial charge in [-0.2, -0.15) is 0 Å². The fourth-order valence-electron chi connectivity index (χ4n) is 2.01. The molecule has 2 heterocycles. The van der Waals surface area contributed by atoms with Gasteiger partial charge < -0.3 is 9.80 Å². The molecule has 0 unspecified atom stereocenters. The van der Waals surface area contributed by atoms with Crippen LogP contribution in [0.5, 0.6) is 0 Å². The summed E-state index contributed by atoms with van der Waals surface area (Å²) in [6.07, 6.45) is 7.64. The molecule has 0 spiro atoms. The Hall–Kier alpha value is -1.06. The molecule has 0 bridgehead atoms. The highest BCUT2D eigenvalue weighted by molar-refractivity contribution is 5.56. The van der Waals surface area contributed by atoms with Crippen LogP contribution in [-0.2, 0) is 0 Å². The van der Waals surface area contributed by atoms with Crippen LogP contribution in [-0.4, -0.2) is 61.7 Å². The number of hydrogen-bond acceptors (Lipinski definition) is 4. The van der Waals surface area contributed by atoms with Gasteiger partial charge in [-0.1, -0.05) is 0 Å². The number of aliphatic imine (C=N–C) groups is 2. The normalized spacial score (nSPS) is 21.1. The molecule has 0 saturated heterocycles. The Labute approximate surface area is 91.7 Å². The van der Waals surface area contributed by atoms with Crippen LogP contribution in [0.3, 0.4) is 0 Å². The zero-order valence-corrected chi connectivity index (χ0v) is 9.31. The van der Waals surface area contributed by atoms with E-state index in [2.05, 4.69) is 19.8 Å². The predicted octanol–water partition coefficient (Wildman–Crippen LogP) is 0.845. The molecule has 0 aromatic carbocycles. The topological polar surface area (TPSA) is 31.2 Å². The van der Waals surface area contributed by atoms with Crippen molar-refractivity contribution in [3.8, 4) is 0 Å². The summed E-state index contributed by atoms with van der Waals surface area (Å²) in [5.41, 5.74) is 0. The van der Waals surface area contributed by atoms with E-state index in [1.807, 2.05) is 12.7 Å². The van der Waals surface area contributed by atoms with Crippen LogP contribution in [0.1, 0.15) is 19.3 Å². The van der Waals surface area contributed by atoms with Crippen LogP contribution in [0.15, 0.2) is 9.98 Å². The minimum Gasteiger partial charge on any atom is -0.363 e. The molecule has 0 N–H and O–H groups in total. The van der Waals surface area contributed by atoms with Crippen molar-refractivity contribution in [1.29, 1.82) is 0 Å². The summed E-state index contributed by atoms with van der Waals surface area (Å²) in [6, 6.07) is 0. The van der Waals surface area contributed by atoms with Gasteiger partial charge in [0.1, 0.15) is 0 Å².